The molecular weight excluding hydrogens is 190 g/mol. The molecular formula is C12H15NO2. The minimum atomic E-state index is -0.629. The minimum Gasteiger partial charge on any atom is -0.367 e. The highest BCUT2D eigenvalue weighted by atomic mass is 16.5. The van der Waals surface area contributed by atoms with Gasteiger partial charge in [0.25, 0.3) is 0 Å². The zero-order chi connectivity index (χ0) is 10.9. The summed E-state index contributed by atoms with van der Waals surface area (Å²) in [6.45, 7) is 4.48. The van der Waals surface area contributed by atoms with E-state index in [-0.39, 0.29) is 5.78 Å². The number of hydrogen-bond acceptors (Lipinski definition) is 3. The third kappa shape index (κ3) is 1.92. The molecule has 1 aliphatic heterocycles. The highest BCUT2D eigenvalue weighted by molar-refractivity contribution is 6.02. The maximum Gasteiger partial charge on any atom is 0.195 e. The van der Waals surface area contributed by atoms with E-state index in [0.29, 0.717) is 12.2 Å². The summed E-state index contributed by atoms with van der Waals surface area (Å²) in [6.07, 6.45) is 5.12. The number of carbonyl (C=O) groups is 1. The van der Waals surface area contributed by atoms with Crippen LogP contribution in [0.25, 0.3) is 0 Å². The summed E-state index contributed by atoms with van der Waals surface area (Å²) in [5, 5.41) is 0. The van der Waals surface area contributed by atoms with E-state index in [0.717, 1.165) is 18.4 Å². The quantitative estimate of drug-likeness (QED) is 0.694. The predicted molar refractivity (Wildman–Crippen MR) is 56.9 cm³/mol. The number of aryl methyl sites for hydroxylation is 1. The third-order valence-electron chi connectivity index (χ3n) is 2.84. The standard InChI is InChI=1S/C12H15NO2/c1-9-6-10(8-13-7-9)11(14)12(2)4-3-5-15-12/h6-8H,3-5H2,1-2H3. The van der Waals surface area contributed by atoms with Crippen molar-refractivity contribution in [3.05, 3.63) is 29.6 Å². The molecule has 15 heavy (non-hydrogen) atoms. The van der Waals surface area contributed by atoms with Gasteiger partial charge in [-0.1, -0.05) is 0 Å². The van der Waals surface area contributed by atoms with Crippen molar-refractivity contribution >= 4 is 5.78 Å². The zero-order valence-electron chi connectivity index (χ0n) is 9.12. The molecule has 1 saturated heterocycles. The first-order valence-electron chi connectivity index (χ1n) is 5.22. The topological polar surface area (TPSA) is 39.2 Å². The normalized spacial score (nSPS) is 25.5. The third-order valence-corrected chi connectivity index (χ3v) is 2.84. The number of pyridine rings is 1. The Balaban J connectivity index is 2.27. The summed E-state index contributed by atoms with van der Waals surface area (Å²) in [5.41, 5.74) is 1.02. The van der Waals surface area contributed by atoms with Crippen LogP contribution in [0, 0.1) is 6.92 Å². The summed E-state index contributed by atoms with van der Waals surface area (Å²) in [7, 11) is 0. The number of Topliss-reactive ketones (excluding diaryl/α,β-unsaturated/α-hetero) is 1. The fraction of sp³-hybridized carbons (Fsp3) is 0.500. The molecule has 3 nitrogen and oxygen atoms in total. The van der Waals surface area contributed by atoms with Crippen molar-refractivity contribution in [3.8, 4) is 0 Å². The lowest BCUT2D eigenvalue weighted by Gasteiger charge is -2.21. The molecule has 1 atom stereocenters. The number of ether oxygens (including phenoxy) is 1. The van der Waals surface area contributed by atoms with Gasteiger partial charge >= 0.3 is 0 Å². The molecule has 0 radical (unpaired) electrons. The summed E-state index contributed by atoms with van der Waals surface area (Å²) in [4.78, 5) is 16.2. The van der Waals surface area contributed by atoms with Crippen LogP contribution in [0.4, 0.5) is 0 Å². The van der Waals surface area contributed by atoms with E-state index in [1.165, 1.54) is 0 Å². The predicted octanol–water partition coefficient (Wildman–Crippen LogP) is 2.14. The van der Waals surface area contributed by atoms with Crippen molar-refractivity contribution in [3.63, 3.8) is 0 Å². The van der Waals surface area contributed by atoms with Crippen LogP contribution in [-0.4, -0.2) is 23.0 Å². The molecule has 0 spiro atoms. The Kier molecular flexibility index (Phi) is 2.57. The van der Waals surface area contributed by atoms with Crippen molar-refractivity contribution in [1.82, 2.24) is 4.98 Å². The molecule has 0 saturated carbocycles. The van der Waals surface area contributed by atoms with Crippen LogP contribution in [-0.2, 0) is 4.74 Å². The van der Waals surface area contributed by atoms with Crippen LogP contribution in [0.2, 0.25) is 0 Å². The summed E-state index contributed by atoms with van der Waals surface area (Å²) >= 11 is 0. The second kappa shape index (κ2) is 3.74. The monoisotopic (exact) mass is 205 g/mol. The van der Waals surface area contributed by atoms with Crippen LogP contribution in [0.15, 0.2) is 18.5 Å². The van der Waals surface area contributed by atoms with Gasteiger partial charge in [-0.25, -0.2) is 0 Å². The molecule has 1 fully saturated rings. The average molecular weight is 205 g/mol. The van der Waals surface area contributed by atoms with Crippen LogP contribution in [0.5, 0.6) is 0 Å². The van der Waals surface area contributed by atoms with Gasteiger partial charge in [0.1, 0.15) is 5.60 Å². The number of hydrogen-bond donors (Lipinski definition) is 0. The smallest absolute Gasteiger partial charge is 0.195 e. The van der Waals surface area contributed by atoms with Gasteiger partial charge in [0, 0.05) is 24.6 Å². The first-order valence-corrected chi connectivity index (χ1v) is 5.22. The molecule has 0 aliphatic carbocycles. The van der Waals surface area contributed by atoms with Crippen LogP contribution in [0.1, 0.15) is 35.7 Å². The molecule has 2 heterocycles. The van der Waals surface area contributed by atoms with E-state index in [1.807, 2.05) is 19.9 Å². The fourth-order valence-corrected chi connectivity index (χ4v) is 1.94. The molecule has 3 heteroatoms. The van der Waals surface area contributed by atoms with Crippen LogP contribution in [0.3, 0.4) is 0 Å². The van der Waals surface area contributed by atoms with Crippen molar-refractivity contribution < 1.29 is 9.53 Å². The highest BCUT2D eigenvalue weighted by Gasteiger charge is 2.38. The van der Waals surface area contributed by atoms with E-state index < -0.39 is 5.60 Å². The van der Waals surface area contributed by atoms with Gasteiger partial charge in [-0.15, -0.1) is 0 Å². The molecule has 1 aliphatic rings. The maximum atomic E-state index is 12.2. The Hall–Kier alpha value is -1.22. The van der Waals surface area contributed by atoms with E-state index in [9.17, 15) is 4.79 Å². The molecule has 1 aromatic rings. The number of carbonyl (C=O) groups excluding carboxylic acids is 1. The van der Waals surface area contributed by atoms with Gasteiger partial charge < -0.3 is 4.74 Å². The number of aromatic nitrogens is 1. The first kappa shape index (κ1) is 10.3. The molecule has 0 aromatic carbocycles. The fourth-order valence-electron chi connectivity index (χ4n) is 1.94. The van der Waals surface area contributed by atoms with E-state index in [2.05, 4.69) is 4.98 Å². The van der Waals surface area contributed by atoms with E-state index >= 15 is 0 Å². The minimum absolute atomic E-state index is 0.0520. The van der Waals surface area contributed by atoms with Gasteiger partial charge in [0.2, 0.25) is 0 Å². The van der Waals surface area contributed by atoms with Crippen molar-refractivity contribution in [2.24, 2.45) is 0 Å². The number of ketones is 1. The lowest BCUT2D eigenvalue weighted by molar-refractivity contribution is 0.0213. The molecule has 1 unspecified atom stereocenters. The Bertz CT molecular complexity index is 381. The number of nitrogens with zero attached hydrogens (tertiary/aromatic N) is 1. The van der Waals surface area contributed by atoms with Gasteiger partial charge in [0.15, 0.2) is 5.78 Å². The average Bonchev–Trinajstić information content (AvgIpc) is 2.65. The maximum absolute atomic E-state index is 12.2. The SMILES string of the molecule is Cc1cncc(C(=O)C2(C)CCCO2)c1. The Morgan fingerprint density at radius 2 is 2.33 bits per heavy atom. The van der Waals surface area contributed by atoms with Crippen molar-refractivity contribution in [1.29, 1.82) is 0 Å². The molecule has 2 rings (SSSR count). The van der Waals surface area contributed by atoms with Crippen molar-refractivity contribution in [2.75, 3.05) is 6.61 Å². The summed E-state index contributed by atoms with van der Waals surface area (Å²) < 4.78 is 5.52. The number of rotatable bonds is 2. The van der Waals surface area contributed by atoms with E-state index in [4.69, 9.17) is 4.74 Å². The summed E-state index contributed by atoms with van der Waals surface area (Å²) in [6, 6.07) is 1.86. The van der Waals surface area contributed by atoms with Gasteiger partial charge in [0.05, 0.1) is 0 Å². The Morgan fingerprint density at radius 3 is 2.93 bits per heavy atom. The zero-order valence-corrected chi connectivity index (χ0v) is 9.12. The first-order chi connectivity index (χ1) is 7.12. The Morgan fingerprint density at radius 1 is 1.53 bits per heavy atom. The molecule has 0 amide bonds. The van der Waals surface area contributed by atoms with Gasteiger partial charge in [-0.2, -0.15) is 0 Å². The second-order valence-corrected chi connectivity index (χ2v) is 4.26. The van der Waals surface area contributed by atoms with Crippen LogP contribution >= 0.6 is 0 Å². The molecule has 1 aromatic heterocycles. The molecule has 0 N–H and O–H groups in total. The van der Waals surface area contributed by atoms with Gasteiger partial charge in [-0.05, 0) is 38.3 Å². The summed E-state index contributed by atoms with van der Waals surface area (Å²) in [5.74, 6) is 0.0520. The largest absolute Gasteiger partial charge is 0.367 e. The second-order valence-electron chi connectivity index (χ2n) is 4.26. The van der Waals surface area contributed by atoms with E-state index in [1.54, 1.807) is 12.4 Å². The van der Waals surface area contributed by atoms with Crippen LogP contribution < -0.4 is 0 Å². The van der Waals surface area contributed by atoms with Gasteiger partial charge in [-0.3, -0.25) is 9.78 Å². The molecule has 80 valence electrons. The molecule has 0 bridgehead atoms. The lowest BCUT2D eigenvalue weighted by Crippen LogP contribution is -2.34. The lowest BCUT2D eigenvalue weighted by atomic mass is 9.92. The van der Waals surface area contributed by atoms with Crippen molar-refractivity contribution in [2.45, 2.75) is 32.3 Å². The highest BCUT2D eigenvalue weighted by Crippen LogP contribution is 2.28. The Labute approximate surface area is 89.5 Å².